The molecule has 0 amide bonds. The van der Waals surface area contributed by atoms with E-state index in [1.807, 2.05) is 0 Å². The van der Waals surface area contributed by atoms with Gasteiger partial charge in [0, 0.05) is 5.41 Å². The van der Waals surface area contributed by atoms with Gasteiger partial charge in [0.05, 0.1) is 17.1 Å². The van der Waals surface area contributed by atoms with Crippen molar-refractivity contribution in [2.75, 3.05) is 0 Å². The number of allylic oxidation sites excluding steroid dienone is 2. The Kier molecular flexibility index (Phi) is 6.83. The summed E-state index contributed by atoms with van der Waals surface area (Å²) in [4.78, 5) is 26.1. The van der Waals surface area contributed by atoms with Gasteiger partial charge < -0.3 is 20.1 Å². The molecule has 4 saturated carbocycles. The van der Waals surface area contributed by atoms with E-state index >= 15 is 0 Å². The fourth-order valence-electron chi connectivity index (χ4n) is 12.0. The van der Waals surface area contributed by atoms with Crippen molar-refractivity contribution in [3.05, 3.63) is 41.5 Å². The van der Waals surface area contributed by atoms with Crippen LogP contribution in [0.4, 0.5) is 0 Å². The molecular formula is C37H52O6. The Morgan fingerprint density at radius 2 is 1.42 bits per heavy atom. The van der Waals surface area contributed by atoms with E-state index in [-0.39, 0.29) is 39.2 Å². The van der Waals surface area contributed by atoms with Crippen LogP contribution >= 0.6 is 0 Å². The molecule has 0 spiro atoms. The van der Waals surface area contributed by atoms with Gasteiger partial charge in [0.2, 0.25) is 0 Å². The summed E-state index contributed by atoms with van der Waals surface area (Å²) in [6.45, 7) is 16.2. The molecule has 0 aromatic heterocycles. The van der Waals surface area contributed by atoms with Gasteiger partial charge in [0.25, 0.3) is 0 Å². The average molecular weight is 593 g/mol. The fraction of sp³-hybridized carbons (Fsp3) is 0.730. The first kappa shape index (κ1) is 30.7. The van der Waals surface area contributed by atoms with E-state index in [9.17, 15) is 24.9 Å². The SMILES string of the molecule is CC1(C)CC[C@]2(C(=O)O)CC=C3[C@]4(C)CCC5C(C)(C)[C@@H](OC(=O)c6ccc(O)cc6)[C@H](O)C[C@]5(C)C4CC[C@@]3(C)C2C1. The van der Waals surface area contributed by atoms with Crippen LogP contribution in [0, 0.1) is 50.2 Å². The number of hydrogen-bond donors (Lipinski definition) is 3. The minimum atomic E-state index is -0.785. The summed E-state index contributed by atoms with van der Waals surface area (Å²) in [6.07, 6.45) is 8.82. The van der Waals surface area contributed by atoms with Crippen LogP contribution in [0.5, 0.6) is 5.75 Å². The predicted molar refractivity (Wildman–Crippen MR) is 165 cm³/mol. The lowest BCUT2D eigenvalue weighted by Crippen LogP contribution is -2.66. The predicted octanol–water partition coefficient (Wildman–Crippen LogP) is 7.77. The Hall–Kier alpha value is -2.34. The summed E-state index contributed by atoms with van der Waals surface area (Å²) in [7, 11) is 0. The smallest absolute Gasteiger partial charge is 0.338 e. The van der Waals surface area contributed by atoms with E-state index in [0.29, 0.717) is 24.3 Å². The third kappa shape index (κ3) is 4.28. The monoisotopic (exact) mass is 592 g/mol. The zero-order valence-corrected chi connectivity index (χ0v) is 27.2. The molecule has 9 atom stereocenters. The minimum Gasteiger partial charge on any atom is -0.508 e. The largest absolute Gasteiger partial charge is 0.508 e. The molecule has 1 aromatic carbocycles. The minimum absolute atomic E-state index is 0.0597. The topological polar surface area (TPSA) is 104 Å². The molecule has 3 N–H and O–H groups in total. The van der Waals surface area contributed by atoms with E-state index in [0.717, 1.165) is 44.9 Å². The number of carbonyl (C=O) groups is 2. The van der Waals surface area contributed by atoms with E-state index in [1.165, 1.54) is 17.7 Å². The number of ether oxygens (including phenoxy) is 1. The number of aromatic hydroxyl groups is 1. The highest BCUT2D eigenvalue weighted by molar-refractivity contribution is 5.89. The second kappa shape index (κ2) is 9.58. The van der Waals surface area contributed by atoms with Crippen LogP contribution in [-0.4, -0.2) is 39.5 Å². The quantitative estimate of drug-likeness (QED) is 0.245. The lowest BCUT2D eigenvalue weighted by atomic mass is 9.34. The molecule has 6 rings (SSSR count). The van der Waals surface area contributed by atoms with E-state index < -0.39 is 35.0 Å². The number of aliphatic carboxylic acids is 1. The van der Waals surface area contributed by atoms with Crippen LogP contribution in [0.25, 0.3) is 0 Å². The summed E-state index contributed by atoms with van der Waals surface area (Å²) >= 11 is 0. The van der Waals surface area contributed by atoms with Crippen LogP contribution in [0.2, 0.25) is 0 Å². The van der Waals surface area contributed by atoms with Crippen molar-refractivity contribution >= 4 is 11.9 Å². The van der Waals surface area contributed by atoms with Crippen molar-refractivity contribution in [1.29, 1.82) is 0 Å². The Labute approximate surface area is 257 Å². The van der Waals surface area contributed by atoms with Gasteiger partial charge in [-0.1, -0.05) is 60.1 Å². The van der Waals surface area contributed by atoms with Crippen molar-refractivity contribution in [1.82, 2.24) is 0 Å². The first-order valence-corrected chi connectivity index (χ1v) is 16.5. The second-order valence-corrected chi connectivity index (χ2v) is 17.2. The normalized spacial score (nSPS) is 44.5. The first-order chi connectivity index (χ1) is 19.9. The summed E-state index contributed by atoms with van der Waals surface area (Å²) in [6, 6.07) is 6.06. The molecule has 3 unspecified atom stereocenters. The summed E-state index contributed by atoms with van der Waals surface area (Å²) in [5.41, 5.74) is 0.536. The molecule has 5 aliphatic rings. The van der Waals surface area contributed by atoms with Crippen LogP contribution in [0.15, 0.2) is 35.9 Å². The summed E-state index contributed by atoms with van der Waals surface area (Å²) in [5, 5.41) is 32.0. The molecular weight excluding hydrogens is 540 g/mol. The number of fused-ring (bicyclic) bond motifs is 7. The maximum atomic E-state index is 13.1. The van der Waals surface area contributed by atoms with Crippen LogP contribution in [0.1, 0.15) is 117 Å². The maximum Gasteiger partial charge on any atom is 0.338 e. The van der Waals surface area contributed by atoms with Crippen molar-refractivity contribution in [3.8, 4) is 5.75 Å². The van der Waals surface area contributed by atoms with Gasteiger partial charge in [0.15, 0.2) is 0 Å². The lowest BCUT2D eigenvalue weighted by Gasteiger charge is -2.70. The molecule has 6 nitrogen and oxygen atoms in total. The number of hydrogen-bond acceptors (Lipinski definition) is 5. The number of carboxylic acids is 1. The number of benzene rings is 1. The molecule has 4 fully saturated rings. The highest BCUT2D eigenvalue weighted by Crippen LogP contribution is 2.75. The first-order valence-electron chi connectivity index (χ1n) is 16.5. The molecule has 0 saturated heterocycles. The zero-order chi connectivity index (χ0) is 31.4. The van der Waals surface area contributed by atoms with Gasteiger partial charge in [-0.3, -0.25) is 4.79 Å². The third-order valence-electron chi connectivity index (χ3n) is 14.0. The van der Waals surface area contributed by atoms with E-state index in [2.05, 4.69) is 54.5 Å². The number of carbonyl (C=O) groups excluding carboxylic acids is 1. The van der Waals surface area contributed by atoms with Crippen molar-refractivity contribution < 1.29 is 29.6 Å². The number of aliphatic hydroxyl groups is 1. The molecule has 0 heterocycles. The lowest BCUT2D eigenvalue weighted by molar-refractivity contribution is -0.219. The fourth-order valence-corrected chi connectivity index (χ4v) is 12.0. The van der Waals surface area contributed by atoms with E-state index in [4.69, 9.17) is 4.74 Å². The summed E-state index contributed by atoms with van der Waals surface area (Å²) < 4.78 is 6.08. The molecule has 5 aliphatic carbocycles. The Bertz CT molecular complexity index is 1340. The maximum absolute atomic E-state index is 13.1. The Balaban J connectivity index is 1.32. The van der Waals surface area contributed by atoms with Crippen molar-refractivity contribution in [3.63, 3.8) is 0 Å². The van der Waals surface area contributed by atoms with E-state index in [1.54, 1.807) is 12.1 Å². The van der Waals surface area contributed by atoms with Crippen molar-refractivity contribution in [2.45, 2.75) is 118 Å². The van der Waals surface area contributed by atoms with Gasteiger partial charge in [-0.2, -0.15) is 0 Å². The van der Waals surface area contributed by atoms with Crippen LogP contribution < -0.4 is 0 Å². The number of phenols is 1. The average Bonchev–Trinajstić information content (AvgIpc) is 2.90. The van der Waals surface area contributed by atoms with Crippen molar-refractivity contribution in [2.24, 2.45) is 50.2 Å². The highest BCUT2D eigenvalue weighted by Gasteiger charge is 2.69. The number of aliphatic hydroxyl groups excluding tert-OH is 1. The number of esters is 1. The Morgan fingerprint density at radius 1 is 0.814 bits per heavy atom. The van der Waals surface area contributed by atoms with Crippen LogP contribution in [-0.2, 0) is 9.53 Å². The van der Waals surface area contributed by atoms with Crippen LogP contribution in [0.3, 0.4) is 0 Å². The number of phenolic OH excluding ortho intramolecular Hbond substituents is 1. The molecule has 0 bridgehead atoms. The number of rotatable bonds is 3. The Morgan fingerprint density at radius 3 is 2.05 bits per heavy atom. The molecule has 43 heavy (non-hydrogen) atoms. The summed E-state index contributed by atoms with van der Waals surface area (Å²) in [5.74, 6) is -0.249. The number of carboxylic acid groups (broad SMARTS) is 1. The van der Waals surface area contributed by atoms with Gasteiger partial charge >= 0.3 is 11.9 Å². The molecule has 0 radical (unpaired) electrons. The molecule has 6 heteroatoms. The molecule has 1 aromatic rings. The molecule has 0 aliphatic heterocycles. The van der Waals surface area contributed by atoms with Gasteiger partial charge in [0.1, 0.15) is 11.9 Å². The molecule has 236 valence electrons. The second-order valence-electron chi connectivity index (χ2n) is 17.2. The standard InChI is InChI=1S/C37H52O6/c1-32(2)18-19-37(31(41)42)17-14-26-34(5)15-12-25-33(3,4)29(43-30(40)22-8-10-23(38)11-9-22)24(39)20-36(25,7)27(34)13-16-35(26,6)28(37)21-32/h8-11,14,24-25,27-29,38-39H,12-13,15-21H2,1-7H3,(H,41,42)/t24-,25?,27?,28?,29+,34+,35-,36+,37-/m1/s1. The van der Waals surface area contributed by atoms with Gasteiger partial charge in [-0.05, 0) is 121 Å². The zero-order valence-electron chi connectivity index (χ0n) is 27.2. The van der Waals surface area contributed by atoms with Gasteiger partial charge in [-0.25, -0.2) is 4.79 Å². The van der Waals surface area contributed by atoms with Gasteiger partial charge in [-0.15, -0.1) is 0 Å². The third-order valence-corrected chi connectivity index (χ3v) is 14.0. The highest BCUT2D eigenvalue weighted by atomic mass is 16.6.